The maximum Gasteiger partial charge on any atom is 0.264 e. The third-order valence-electron chi connectivity index (χ3n) is 13.1. The monoisotopic (exact) mass is 891 g/mol. The number of carbonyl (C=O) groups is 6. The van der Waals surface area contributed by atoms with E-state index in [1.807, 2.05) is 48.5 Å². The van der Waals surface area contributed by atoms with Gasteiger partial charge in [0.05, 0.1) is 23.6 Å². The number of imide groups is 1. The van der Waals surface area contributed by atoms with Crippen LogP contribution in [0.5, 0.6) is 0 Å². The Hall–Kier alpha value is -6.51. The fourth-order valence-electron chi connectivity index (χ4n) is 9.63. The zero-order chi connectivity index (χ0) is 44.9. The molecule has 334 valence electrons. The lowest BCUT2D eigenvalue weighted by molar-refractivity contribution is -0.132. The van der Waals surface area contributed by atoms with Gasteiger partial charge in [0.15, 0.2) is 10.9 Å². The molecule has 4 aliphatic rings. The average Bonchev–Trinajstić information content (AvgIpc) is 4.02. The molecular formula is C51H53N7O6S. The summed E-state index contributed by atoms with van der Waals surface area (Å²) in [7, 11) is 0. The molecule has 4 heterocycles. The first-order valence-corrected chi connectivity index (χ1v) is 23.7. The van der Waals surface area contributed by atoms with Crippen LogP contribution in [0.25, 0.3) is 11.1 Å². The van der Waals surface area contributed by atoms with E-state index in [-0.39, 0.29) is 42.6 Å². The maximum atomic E-state index is 14.0. The highest BCUT2D eigenvalue weighted by atomic mass is 32.1. The van der Waals surface area contributed by atoms with Crippen LogP contribution in [0, 0.1) is 0 Å². The lowest BCUT2D eigenvalue weighted by atomic mass is 9.92. The van der Waals surface area contributed by atoms with Gasteiger partial charge in [-0.2, -0.15) is 0 Å². The van der Waals surface area contributed by atoms with E-state index >= 15 is 0 Å². The third kappa shape index (κ3) is 9.50. The van der Waals surface area contributed by atoms with Crippen molar-refractivity contribution in [3.05, 3.63) is 130 Å². The molecule has 9 rings (SSSR count). The molecule has 4 aromatic carbocycles. The van der Waals surface area contributed by atoms with Gasteiger partial charge in [-0.15, -0.1) is 11.3 Å². The van der Waals surface area contributed by atoms with Gasteiger partial charge < -0.3 is 15.1 Å². The number of fused-ring (bicyclic) bond motifs is 2. The first-order chi connectivity index (χ1) is 31.7. The smallest absolute Gasteiger partial charge is 0.264 e. The second kappa shape index (κ2) is 19.7. The molecule has 0 bridgehead atoms. The van der Waals surface area contributed by atoms with Crippen molar-refractivity contribution >= 4 is 63.0 Å². The largest absolute Gasteiger partial charge is 0.384 e. The predicted octanol–water partition coefficient (Wildman–Crippen LogP) is 8.01. The molecule has 1 saturated heterocycles. The number of piperazine rings is 1. The van der Waals surface area contributed by atoms with E-state index in [0.717, 1.165) is 79.1 Å². The van der Waals surface area contributed by atoms with Gasteiger partial charge in [0, 0.05) is 74.2 Å². The van der Waals surface area contributed by atoms with E-state index < -0.39 is 23.9 Å². The van der Waals surface area contributed by atoms with Crippen molar-refractivity contribution in [1.82, 2.24) is 19.7 Å². The van der Waals surface area contributed by atoms with E-state index in [4.69, 9.17) is 0 Å². The van der Waals surface area contributed by atoms with Crippen LogP contribution in [0.4, 0.5) is 16.5 Å². The zero-order valence-corrected chi connectivity index (χ0v) is 37.2. The Bertz CT molecular complexity index is 2580. The Balaban J connectivity index is 0.686. The van der Waals surface area contributed by atoms with Crippen LogP contribution in [0.15, 0.2) is 103 Å². The molecule has 65 heavy (non-hydrogen) atoms. The lowest BCUT2D eigenvalue weighted by Gasteiger charge is -2.36. The Labute approximate surface area is 382 Å². The van der Waals surface area contributed by atoms with Crippen LogP contribution >= 0.6 is 11.3 Å². The highest BCUT2D eigenvalue weighted by Gasteiger charge is 2.45. The van der Waals surface area contributed by atoms with Gasteiger partial charge in [-0.25, -0.2) is 4.98 Å². The van der Waals surface area contributed by atoms with Gasteiger partial charge in [0.25, 0.3) is 23.6 Å². The van der Waals surface area contributed by atoms with Crippen LogP contribution in [0.2, 0.25) is 0 Å². The summed E-state index contributed by atoms with van der Waals surface area (Å²) in [6.45, 7) is 6.10. The highest BCUT2D eigenvalue weighted by molar-refractivity contribution is 7.13. The van der Waals surface area contributed by atoms with Crippen molar-refractivity contribution in [2.45, 2.75) is 76.4 Å². The van der Waals surface area contributed by atoms with Crippen LogP contribution in [-0.2, 0) is 20.9 Å². The minimum atomic E-state index is -0.866. The summed E-state index contributed by atoms with van der Waals surface area (Å²) in [5.41, 5.74) is 6.71. The molecule has 0 radical (unpaired) electrons. The Kier molecular flexibility index (Phi) is 13.3. The average molecular weight is 892 g/mol. The Morgan fingerprint density at radius 1 is 0.754 bits per heavy atom. The number of Topliss-reactive ketones (excluding diaryl/α,β-unsaturated/α-hetero) is 2. The molecule has 2 N–H and O–H groups in total. The fraction of sp³-hybridized carbons (Fsp3) is 0.353. The van der Waals surface area contributed by atoms with Crippen molar-refractivity contribution in [2.75, 3.05) is 54.8 Å². The number of anilines is 3. The van der Waals surface area contributed by atoms with E-state index in [9.17, 15) is 28.8 Å². The van der Waals surface area contributed by atoms with Gasteiger partial charge in [-0.05, 0) is 78.4 Å². The number of thiazole rings is 1. The first kappa shape index (κ1) is 43.7. The Morgan fingerprint density at radius 2 is 1.51 bits per heavy atom. The number of nitrogens with zero attached hydrogens (tertiary/aromatic N) is 5. The maximum absolute atomic E-state index is 14.0. The molecule has 1 saturated carbocycles. The molecule has 2 unspecified atom stereocenters. The molecule has 3 aliphatic heterocycles. The molecule has 5 aromatic rings. The second-order valence-electron chi connectivity index (χ2n) is 17.3. The van der Waals surface area contributed by atoms with Crippen LogP contribution in [0.1, 0.15) is 106 Å². The van der Waals surface area contributed by atoms with Crippen molar-refractivity contribution < 1.29 is 28.8 Å². The minimum Gasteiger partial charge on any atom is -0.384 e. The van der Waals surface area contributed by atoms with Crippen LogP contribution in [-0.4, -0.2) is 100 Å². The number of benzene rings is 4. The quantitative estimate of drug-likeness (QED) is 0.0534. The number of nitrogens with one attached hydrogen (secondary N) is 2. The van der Waals surface area contributed by atoms with Crippen molar-refractivity contribution in [2.24, 2.45) is 0 Å². The van der Waals surface area contributed by atoms with E-state index in [2.05, 4.69) is 55.7 Å². The number of carbonyl (C=O) groups excluding carboxylic acids is 6. The molecule has 14 heteroatoms. The molecule has 13 nitrogen and oxygen atoms in total. The topological polar surface area (TPSA) is 152 Å². The van der Waals surface area contributed by atoms with Gasteiger partial charge >= 0.3 is 0 Å². The van der Waals surface area contributed by atoms with Crippen molar-refractivity contribution in [1.29, 1.82) is 0 Å². The summed E-state index contributed by atoms with van der Waals surface area (Å²) in [5.74, 6) is -1.87. The number of rotatable bonds is 17. The highest BCUT2D eigenvalue weighted by Crippen LogP contribution is 2.36. The van der Waals surface area contributed by atoms with Crippen molar-refractivity contribution in [3.63, 3.8) is 0 Å². The van der Waals surface area contributed by atoms with Gasteiger partial charge in [0.2, 0.25) is 0 Å². The summed E-state index contributed by atoms with van der Waals surface area (Å²) in [6.07, 6.45) is 8.48. The summed E-state index contributed by atoms with van der Waals surface area (Å²) in [4.78, 5) is 90.3. The molecule has 2 fully saturated rings. The number of aromatic nitrogens is 1. The summed E-state index contributed by atoms with van der Waals surface area (Å²) >= 11 is 1.34. The molecule has 0 spiro atoms. The standard InChI is InChI=1S/C51H53N7O6S/c59-39-21-22-43(44(60)32-39)58-49(63)40-13-10-14-42(45(40)50(58)64)52-23-8-3-1-2-4-9-25-55-26-28-56(29-27-55)38-19-17-34(18-20-38)36-15-16-37-33-57(48(62)41(37)31-36)46(35-11-6-5-7-12-35)47(61)54-51-53-24-30-65-51/h5-7,10-20,24,30-31,43,46,52H,1-4,8-9,21-23,25-29,32-33H2,(H,53,54,61). The number of unbranched alkanes of at least 4 members (excludes halogenated alkanes) is 5. The van der Waals surface area contributed by atoms with E-state index in [1.165, 1.54) is 36.3 Å². The van der Waals surface area contributed by atoms with Gasteiger partial charge in [0.1, 0.15) is 11.8 Å². The molecular weight excluding hydrogens is 839 g/mol. The van der Waals surface area contributed by atoms with E-state index in [1.54, 1.807) is 28.6 Å². The molecule has 1 aliphatic carbocycles. The van der Waals surface area contributed by atoms with Crippen LogP contribution < -0.4 is 15.5 Å². The SMILES string of the molecule is O=C1CCC(N2C(=O)c3cccc(NCCCCCCCCN4CCN(c5ccc(-c6ccc7c(c6)C(=O)N(C(C(=O)Nc6nccs6)c6ccccc6)C7)cc5)CC4)c3C2=O)C(=O)C1. The van der Waals surface area contributed by atoms with Gasteiger partial charge in [-0.1, -0.05) is 86.3 Å². The number of ketones is 2. The molecule has 2 atom stereocenters. The lowest BCUT2D eigenvalue weighted by Crippen LogP contribution is -2.47. The molecule has 1 aromatic heterocycles. The first-order valence-electron chi connectivity index (χ1n) is 22.8. The molecule has 4 amide bonds. The second-order valence-corrected chi connectivity index (χ2v) is 18.2. The van der Waals surface area contributed by atoms with Crippen molar-refractivity contribution in [3.8, 4) is 11.1 Å². The normalized spacial score (nSPS) is 18.0. The minimum absolute atomic E-state index is 0.142. The van der Waals surface area contributed by atoms with Crippen LogP contribution in [0.3, 0.4) is 0 Å². The number of amides is 4. The van der Waals surface area contributed by atoms with E-state index in [0.29, 0.717) is 40.6 Å². The predicted molar refractivity (Wildman–Crippen MR) is 251 cm³/mol. The third-order valence-corrected chi connectivity index (χ3v) is 13.8. The number of hydrogen-bond acceptors (Lipinski definition) is 11. The summed E-state index contributed by atoms with van der Waals surface area (Å²) < 4.78 is 0. The zero-order valence-electron chi connectivity index (χ0n) is 36.4. The number of hydrogen-bond donors (Lipinski definition) is 2. The fourth-order valence-corrected chi connectivity index (χ4v) is 10.2. The Morgan fingerprint density at radius 3 is 2.26 bits per heavy atom. The summed E-state index contributed by atoms with van der Waals surface area (Å²) in [5, 5.41) is 8.56. The van der Waals surface area contributed by atoms with Gasteiger partial charge in [-0.3, -0.25) is 43.9 Å². The summed E-state index contributed by atoms with van der Waals surface area (Å²) in [6, 6.07) is 27.6.